The van der Waals surface area contributed by atoms with Gasteiger partial charge in [-0.25, -0.2) is 4.98 Å². The molecule has 1 aromatic carbocycles. The minimum Gasteiger partial charge on any atom is -0.324 e. The van der Waals surface area contributed by atoms with Crippen molar-refractivity contribution < 1.29 is 13.2 Å². The lowest BCUT2D eigenvalue weighted by molar-refractivity contribution is -0.138. The Balaban J connectivity index is 3.01. The molecule has 0 radical (unpaired) electrons. The van der Waals surface area contributed by atoms with Crippen LogP contribution < -0.4 is 11.3 Å². The maximum Gasteiger partial charge on any atom is 0.416 e. The fourth-order valence-corrected chi connectivity index (χ4v) is 2.45. The summed E-state index contributed by atoms with van der Waals surface area (Å²) < 4.78 is 39.4. The number of alkyl halides is 3. The first kappa shape index (κ1) is 14.5. The predicted molar refractivity (Wildman–Crippen MR) is 69.4 cm³/mol. The van der Waals surface area contributed by atoms with Gasteiger partial charge in [0, 0.05) is 6.04 Å². The Labute approximate surface area is 112 Å². The number of nitrogens with zero attached hydrogens (tertiary/aromatic N) is 1. The second kappa shape index (κ2) is 4.59. The summed E-state index contributed by atoms with van der Waals surface area (Å²) in [6.07, 6.45) is -4.54. The quantitative estimate of drug-likeness (QED) is 0.846. The molecule has 1 atom stereocenters. The van der Waals surface area contributed by atoms with Gasteiger partial charge in [-0.1, -0.05) is 0 Å². The molecule has 20 heavy (non-hydrogen) atoms. The van der Waals surface area contributed by atoms with E-state index in [0.717, 1.165) is 6.07 Å². The first-order valence-electron chi connectivity index (χ1n) is 5.99. The monoisotopic (exact) mass is 285 g/mol. The molecule has 0 bridgehead atoms. The van der Waals surface area contributed by atoms with E-state index in [0.29, 0.717) is 0 Å². The lowest BCUT2D eigenvalue weighted by Crippen LogP contribution is -2.20. The number of aryl methyl sites for hydroxylation is 2. The van der Waals surface area contributed by atoms with E-state index in [2.05, 4.69) is 9.97 Å². The topological polar surface area (TPSA) is 71.8 Å². The van der Waals surface area contributed by atoms with Crippen molar-refractivity contribution in [1.82, 2.24) is 9.97 Å². The van der Waals surface area contributed by atoms with E-state index in [4.69, 9.17) is 5.73 Å². The van der Waals surface area contributed by atoms with Gasteiger partial charge in [0.2, 0.25) is 0 Å². The standard InChI is InChI=1S/C13H14F3N3O/c1-5-10(6(2)17)8(13(14,15)16)4-9-11(5)12(20)19-7(3)18-9/h4,6H,17H2,1-3H3,(H,18,19,20)/t6-/m0/s1. The minimum atomic E-state index is -4.54. The van der Waals surface area contributed by atoms with Crippen LogP contribution in [0.3, 0.4) is 0 Å². The maximum atomic E-state index is 13.1. The second-order valence-electron chi connectivity index (χ2n) is 4.79. The molecule has 4 nitrogen and oxygen atoms in total. The Bertz CT molecular complexity index is 732. The summed E-state index contributed by atoms with van der Waals surface area (Å²) in [5, 5.41) is 0.149. The van der Waals surface area contributed by atoms with Crippen molar-refractivity contribution >= 4 is 10.9 Å². The third-order valence-corrected chi connectivity index (χ3v) is 3.18. The highest BCUT2D eigenvalue weighted by Gasteiger charge is 2.36. The summed E-state index contributed by atoms with van der Waals surface area (Å²) in [6, 6.07) is 0.0558. The van der Waals surface area contributed by atoms with Crippen LogP contribution >= 0.6 is 0 Å². The van der Waals surface area contributed by atoms with E-state index in [1.807, 2.05) is 0 Å². The molecule has 0 amide bonds. The largest absolute Gasteiger partial charge is 0.416 e. The first-order chi connectivity index (χ1) is 9.12. The normalized spacial score (nSPS) is 13.8. The lowest BCUT2D eigenvalue weighted by atomic mass is 9.93. The molecule has 0 unspecified atom stereocenters. The SMILES string of the molecule is Cc1nc2cc(C(F)(F)F)c([C@H](C)N)c(C)c2c(=O)[nH]1. The van der Waals surface area contributed by atoms with Crippen LogP contribution in [0.15, 0.2) is 10.9 Å². The molecule has 0 saturated heterocycles. The zero-order valence-electron chi connectivity index (χ0n) is 11.2. The molecule has 0 aliphatic carbocycles. The summed E-state index contributed by atoms with van der Waals surface area (Å²) in [4.78, 5) is 18.4. The fraction of sp³-hybridized carbons (Fsp3) is 0.385. The van der Waals surface area contributed by atoms with Crippen molar-refractivity contribution in [2.24, 2.45) is 5.73 Å². The third-order valence-electron chi connectivity index (χ3n) is 3.18. The van der Waals surface area contributed by atoms with Gasteiger partial charge in [0.05, 0.1) is 16.5 Å². The van der Waals surface area contributed by atoms with E-state index in [-0.39, 0.29) is 27.9 Å². The van der Waals surface area contributed by atoms with Gasteiger partial charge in [-0.3, -0.25) is 4.79 Å². The van der Waals surface area contributed by atoms with Crippen LogP contribution in [-0.2, 0) is 6.18 Å². The molecule has 1 aromatic heterocycles. The van der Waals surface area contributed by atoms with Gasteiger partial charge in [-0.05, 0) is 38.0 Å². The highest BCUT2D eigenvalue weighted by molar-refractivity contribution is 5.84. The lowest BCUT2D eigenvalue weighted by Gasteiger charge is -2.19. The number of aromatic nitrogens is 2. The van der Waals surface area contributed by atoms with E-state index < -0.39 is 23.3 Å². The Morgan fingerprint density at radius 1 is 1.35 bits per heavy atom. The number of benzene rings is 1. The number of hydrogen-bond donors (Lipinski definition) is 2. The number of rotatable bonds is 1. The van der Waals surface area contributed by atoms with Crippen LogP contribution in [0.4, 0.5) is 13.2 Å². The highest BCUT2D eigenvalue weighted by atomic mass is 19.4. The molecule has 0 fully saturated rings. The van der Waals surface area contributed by atoms with Crippen LogP contribution in [0.1, 0.15) is 35.5 Å². The van der Waals surface area contributed by atoms with Crippen molar-refractivity contribution in [2.45, 2.75) is 33.0 Å². The van der Waals surface area contributed by atoms with E-state index in [1.54, 1.807) is 0 Å². The smallest absolute Gasteiger partial charge is 0.324 e. The Morgan fingerprint density at radius 3 is 2.45 bits per heavy atom. The Hall–Kier alpha value is -1.89. The first-order valence-corrected chi connectivity index (χ1v) is 5.99. The summed E-state index contributed by atoms with van der Waals surface area (Å²) in [7, 11) is 0. The maximum absolute atomic E-state index is 13.1. The van der Waals surface area contributed by atoms with Crippen LogP contribution in [0.25, 0.3) is 10.9 Å². The number of nitrogens with one attached hydrogen (secondary N) is 1. The molecule has 0 aliphatic rings. The molecule has 0 saturated carbocycles. The van der Waals surface area contributed by atoms with E-state index in [1.165, 1.54) is 20.8 Å². The van der Waals surface area contributed by atoms with Crippen LogP contribution in [0, 0.1) is 13.8 Å². The molecule has 108 valence electrons. The predicted octanol–water partition coefficient (Wildman–Crippen LogP) is 2.58. The second-order valence-corrected chi connectivity index (χ2v) is 4.79. The van der Waals surface area contributed by atoms with Crippen molar-refractivity contribution in [3.05, 3.63) is 38.9 Å². The zero-order chi connectivity index (χ0) is 15.2. The average molecular weight is 285 g/mol. The molecule has 2 aromatic rings. The highest BCUT2D eigenvalue weighted by Crippen LogP contribution is 2.37. The Morgan fingerprint density at radius 2 is 1.95 bits per heavy atom. The molecule has 0 spiro atoms. The average Bonchev–Trinajstić information content (AvgIpc) is 2.25. The minimum absolute atomic E-state index is 0.0282. The number of nitrogens with two attached hydrogens (primary N) is 1. The summed E-state index contributed by atoms with van der Waals surface area (Å²) in [6.45, 7) is 4.44. The van der Waals surface area contributed by atoms with Gasteiger partial charge in [0.1, 0.15) is 5.82 Å². The van der Waals surface area contributed by atoms with Crippen LogP contribution in [0.2, 0.25) is 0 Å². The number of halogens is 3. The van der Waals surface area contributed by atoms with E-state index in [9.17, 15) is 18.0 Å². The number of aromatic amines is 1. The van der Waals surface area contributed by atoms with Gasteiger partial charge < -0.3 is 10.7 Å². The van der Waals surface area contributed by atoms with Gasteiger partial charge in [0.25, 0.3) is 5.56 Å². The molecule has 2 rings (SSSR count). The Kier molecular flexibility index (Phi) is 3.33. The molecular weight excluding hydrogens is 271 g/mol. The molecular formula is C13H14F3N3O. The van der Waals surface area contributed by atoms with Gasteiger partial charge in [0.15, 0.2) is 0 Å². The van der Waals surface area contributed by atoms with Crippen molar-refractivity contribution in [3.8, 4) is 0 Å². The van der Waals surface area contributed by atoms with Crippen molar-refractivity contribution in [3.63, 3.8) is 0 Å². The molecule has 1 heterocycles. The number of fused-ring (bicyclic) bond motifs is 1. The summed E-state index contributed by atoms with van der Waals surface area (Å²) in [5.74, 6) is 0.267. The molecule has 7 heteroatoms. The van der Waals surface area contributed by atoms with Crippen molar-refractivity contribution in [1.29, 1.82) is 0 Å². The number of H-pyrrole nitrogens is 1. The van der Waals surface area contributed by atoms with Crippen LogP contribution in [-0.4, -0.2) is 9.97 Å². The van der Waals surface area contributed by atoms with Gasteiger partial charge >= 0.3 is 6.18 Å². The molecule has 0 aliphatic heterocycles. The summed E-state index contributed by atoms with van der Waals surface area (Å²) in [5.41, 5.74) is 4.54. The van der Waals surface area contributed by atoms with Crippen molar-refractivity contribution in [2.75, 3.05) is 0 Å². The van der Waals surface area contributed by atoms with Gasteiger partial charge in [-0.15, -0.1) is 0 Å². The third kappa shape index (κ3) is 2.29. The number of hydrogen-bond acceptors (Lipinski definition) is 3. The van der Waals surface area contributed by atoms with E-state index >= 15 is 0 Å². The van der Waals surface area contributed by atoms with Gasteiger partial charge in [-0.2, -0.15) is 13.2 Å². The molecule has 3 N–H and O–H groups in total. The van der Waals surface area contributed by atoms with Crippen LogP contribution in [0.5, 0.6) is 0 Å². The summed E-state index contributed by atoms with van der Waals surface area (Å²) >= 11 is 0. The zero-order valence-corrected chi connectivity index (χ0v) is 11.2. The fourth-order valence-electron chi connectivity index (χ4n) is 2.45.